The van der Waals surface area contributed by atoms with Gasteiger partial charge in [0, 0.05) is 24.4 Å². The van der Waals surface area contributed by atoms with Gasteiger partial charge in [0.25, 0.3) is 5.69 Å². The fourth-order valence-electron chi connectivity index (χ4n) is 1.21. The number of amides is 1. The van der Waals surface area contributed by atoms with Crippen LogP contribution in [0.5, 0.6) is 0 Å². The maximum atomic E-state index is 11.3. The molecule has 0 aliphatic heterocycles. The fraction of sp³-hybridized carbons (Fsp3) is 0.364. The zero-order chi connectivity index (χ0) is 13.4. The molecule has 1 rings (SSSR count). The van der Waals surface area contributed by atoms with Crippen molar-refractivity contribution < 1.29 is 14.5 Å². The maximum absolute atomic E-state index is 11.3. The number of nitrogens with one attached hydrogen (secondary N) is 2. The van der Waals surface area contributed by atoms with Crippen LogP contribution in [0.3, 0.4) is 0 Å². The van der Waals surface area contributed by atoms with Crippen LogP contribution in [0.2, 0.25) is 0 Å². The topological polar surface area (TPSA) is 93.5 Å². The number of likely N-dealkylation sites (N-methyl/N-ethyl adjacent to an activating group) is 1. The molecule has 2 N–H and O–H groups in total. The third-order valence-corrected chi connectivity index (χ3v) is 2.09. The highest BCUT2D eigenvalue weighted by molar-refractivity contribution is 5.84. The summed E-state index contributed by atoms with van der Waals surface area (Å²) in [5, 5.41) is 15.9. The summed E-state index contributed by atoms with van der Waals surface area (Å²) in [6.45, 7) is 3.63. The lowest BCUT2D eigenvalue weighted by molar-refractivity contribution is -0.384. The number of nitrogens with zero attached hydrogens (tertiary/aromatic N) is 1. The molecule has 0 heterocycles. The number of benzene rings is 1. The van der Waals surface area contributed by atoms with E-state index in [9.17, 15) is 14.9 Å². The number of anilines is 1. The van der Waals surface area contributed by atoms with Crippen molar-refractivity contribution in [3.8, 4) is 0 Å². The second kappa shape index (κ2) is 7.23. The van der Waals surface area contributed by atoms with Gasteiger partial charge in [-0.1, -0.05) is 6.92 Å². The Hall–Kier alpha value is -2.15. The summed E-state index contributed by atoms with van der Waals surface area (Å²) in [6, 6.07) is 5.52. The number of ether oxygens (including phenoxy) is 1. The molecule has 0 radical (unpaired) electrons. The molecule has 1 aromatic rings. The minimum atomic E-state index is -0.582. The Bertz CT molecular complexity index is 405. The van der Waals surface area contributed by atoms with Crippen LogP contribution < -0.4 is 10.6 Å². The second-order valence-corrected chi connectivity index (χ2v) is 3.42. The van der Waals surface area contributed by atoms with E-state index < -0.39 is 11.0 Å². The Morgan fingerprint density at radius 3 is 2.61 bits per heavy atom. The Morgan fingerprint density at radius 1 is 1.39 bits per heavy atom. The van der Waals surface area contributed by atoms with E-state index in [2.05, 4.69) is 10.6 Å². The van der Waals surface area contributed by atoms with Gasteiger partial charge < -0.3 is 10.1 Å². The highest BCUT2D eigenvalue weighted by Gasteiger charge is 2.06. The first kappa shape index (κ1) is 13.9. The highest BCUT2D eigenvalue weighted by Crippen LogP contribution is 2.15. The first-order chi connectivity index (χ1) is 8.63. The normalized spacial score (nSPS) is 9.83. The van der Waals surface area contributed by atoms with Crippen molar-refractivity contribution in [3.63, 3.8) is 0 Å². The van der Waals surface area contributed by atoms with Crippen molar-refractivity contribution in [1.82, 2.24) is 5.32 Å². The SMILES string of the molecule is CCNCCOC(=O)Nc1ccc([N+](=O)[O-])cc1. The summed E-state index contributed by atoms with van der Waals surface area (Å²) in [5.41, 5.74) is 0.426. The Labute approximate surface area is 104 Å². The molecule has 0 spiro atoms. The van der Waals surface area contributed by atoms with E-state index in [1.165, 1.54) is 24.3 Å². The van der Waals surface area contributed by atoms with Crippen LogP contribution in [0.25, 0.3) is 0 Å². The lowest BCUT2D eigenvalue weighted by Gasteiger charge is -2.06. The Balaban J connectivity index is 2.37. The average molecular weight is 253 g/mol. The number of hydrogen-bond donors (Lipinski definition) is 2. The molecular formula is C11H15N3O4. The van der Waals surface area contributed by atoms with Gasteiger partial charge in [0.2, 0.25) is 0 Å². The molecule has 0 atom stereocenters. The smallest absolute Gasteiger partial charge is 0.411 e. The molecule has 0 aromatic heterocycles. The minimum absolute atomic E-state index is 0.0268. The monoisotopic (exact) mass is 253 g/mol. The maximum Gasteiger partial charge on any atom is 0.411 e. The third kappa shape index (κ3) is 4.79. The number of rotatable bonds is 6. The van der Waals surface area contributed by atoms with Crippen molar-refractivity contribution >= 4 is 17.5 Å². The van der Waals surface area contributed by atoms with E-state index in [0.29, 0.717) is 12.2 Å². The van der Waals surface area contributed by atoms with Crippen LogP contribution in [0.1, 0.15) is 6.92 Å². The van der Waals surface area contributed by atoms with Gasteiger partial charge in [-0.3, -0.25) is 15.4 Å². The van der Waals surface area contributed by atoms with E-state index >= 15 is 0 Å². The first-order valence-electron chi connectivity index (χ1n) is 5.52. The van der Waals surface area contributed by atoms with Gasteiger partial charge in [0.1, 0.15) is 6.61 Å². The molecule has 0 fully saturated rings. The van der Waals surface area contributed by atoms with Crippen LogP contribution in [0.4, 0.5) is 16.2 Å². The van der Waals surface area contributed by atoms with Crippen LogP contribution in [-0.2, 0) is 4.74 Å². The van der Waals surface area contributed by atoms with Gasteiger partial charge in [-0.05, 0) is 18.7 Å². The van der Waals surface area contributed by atoms with E-state index in [4.69, 9.17) is 4.74 Å². The van der Waals surface area contributed by atoms with Crippen molar-refractivity contribution in [2.75, 3.05) is 25.0 Å². The largest absolute Gasteiger partial charge is 0.448 e. The van der Waals surface area contributed by atoms with Crippen LogP contribution >= 0.6 is 0 Å². The van der Waals surface area contributed by atoms with Crippen molar-refractivity contribution in [2.24, 2.45) is 0 Å². The molecular weight excluding hydrogens is 238 g/mol. The van der Waals surface area contributed by atoms with Crippen LogP contribution in [-0.4, -0.2) is 30.7 Å². The van der Waals surface area contributed by atoms with Gasteiger partial charge >= 0.3 is 6.09 Å². The summed E-state index contributed by atoms with van der Waals surface area (Å²) >= 11 is 0. The summed E-state index contributed by atoms with van der Waals surface area (Å²) in [7, 11) is 0. The molecule has 0 saturated heterocycles. The highest BCUT2D eigenvalue weighted by atomic mass is 16.6. The Kier molecular flexibility index (Phi) is 5.59. The van der Waals surface area contributed by atoms with Crippen molar-refractivity contribution in [3.05, 3.63) is 34.4 Å². The van der Waals surface area contributed by atoms with Gasteiger partial charge in [0.15, 0.2) is 0 Å². The first-order valence-corrected chi connectivity index (χ1v) is 5.52. The van der Waals surface area contributed by atoms with Crippen LogP contribution in [0.15, 0.2) is 24.3 Å². The lowest BCUT2D eigenvalue weighted by Crippen LogP contribution is -2.23. The van der Waals surface area contributed by atoms with Crippen molar-refractivity contribution in [2.45, 2.75) is 6.92 Å². The number of carbonyl (C=O) groups is 1. The molecule has 1 amide bonds. The fourth-order valence-corrected chi connectivity index (χ4v) is 1.21. The zero-order valence-corrected chi connectivity index (χ0v) is 10.0. The Morgan fingerprint density at radius 2 is 2.06 bits per heavy atom. The number of nitro groups is 1. The number of nitro benzene ring substituents is 1. The quantitative estimate of drug-likeness (QED) is 0.457. The molecule has 18 heavy (non-hydrogen) atoms. The molecule has 0 unspecified atom stereocenters. The van der Waals surface area contributed by atoms with Gasteiger partial charge in [-0.2, -0.15) is 0 Å². The van der Waals surface area contributed by atoms with E-state index in [1.54, 1.807) is 0 Å². The summed E-state index contributed by atoms with van der Waals surface area (Å²) < 4.78 is 4.88. The predicted molar refractivity (Wildman–Crippen MR) is 66.6 cm³/mol. The van der Waals surface area contributed by atoms with Gasteiger partial charge in [-0.25, -0.2) is 4.79 Å². The summed E-state index contributed by atoms with van der Waals surface area (Å²) in [5.74, 6) is 0. The van der Waals surface area contributed by atoms with Gasteiger partial charge in [0.05, 0.1) is 4.92 Å². The average Bonchev–Trinajstić information content (AvgIpc) is 2.35. The third-order valence-electron chi connectivity index (χ3n) is 2.09. The molecule has 0 bridgehead atoms. The number of carbonyl (C=O) groups excluding carboxylic acids is 1. The van der Waals surface area contributed by atoms with Gasteiger partial charge in [-0.15, -0.1) is 0 Å². The molecule has 0 aliphatic carbocycles. The lowest BCUT2D eigenvalue weighted by atomic mass is 10.3. The molecule has 98 valence electrons. The molecule has 0 saturated carbocycles. The van der Waals surface area contributed by atoms with Crippen LogP contribution in [0, 0.1) is 10.1 Å². The standard InChI is InChI=1S/C11H15N3O4/c1-2-12-7-8-18-11(15)13-9-3-5-10(6-4-9)14(16)17/h3-6,12H,2,7-8H2,1H3,(H,13,15). The molecule has 0 aliphatic rings. The molecule has 7 nitrogen and oxygen atoms in total. The predicted octanol–water partition coefficient (Wildman–Crippen LogP) is 1.75. The van der Waals surface area contributed by atoms with Crippen molar-refractivity contribution in [1.29, 1.82) is 0 Å². The molecule has 7 heteroatoms. The van der Waals surface area contributed by atoms with E-state index in [-0.39, 0.29) is 12.3 Å². The number of hydrogen-bond acceptors (Lipinski definition) is 5. The molecule has 1 aromatic carbocycles. The van der Waals surface area contributed by atoms with E-state index in [1.807, 2.05) is 6.92 Å². The zero-order valence-electron chi connectivity index (χ0n) is 10.0. The minimum Gasteiger partial charge on any atom is -0.448 e. The second-order valence-electron chi connectivity index (χ2n) is 3.42. The number of non-ortho nitro benzene ring substituents is 1. The summed E-state index contributed by atoms with van der Waals surface area (Å²) in [4.78, 5) is 21.2. The summed E-state index contributed by atoms with van der Waals surface area (Å²) in [6.07, 6.45) is -0.582. The van der Waals surface area contributed by atoms with E-state index in [0.717, 1.165) is 6.54 Å².